The third-order valence-corrected chi connectivity index (χ3v) is 4.39. The fourth-order valence-electron chi connectivity index (χ4n) is 3.28. The maximum Gasteiger partial charge on any atom is 0.163 e. The van der Waals surface area contributed by atoms with Crippen LogP contribution in [-0.2, 0) is 0 Å². The predicted octanol–water partition coefficient (Wildman–Crippen LogP) is 1.57. The molecule has 4 atom stereocenters. The number of methoxy groups -OCH3 is 1. The Bertz CT molecular complexity index is 482. The molecule has 2 N–H and O–H groups in total. The summed E-state index contributed by atoms with van der Waals surface area (Å²) >= 11 is 0. The first kappa shape index (κ1) is 13.6. The van der Waals surface area contributed by atoms with Crippen LogP contribution >= 0.6 is 0 Å². The Hall–Kier alpha value is -1.33. The molecule has 0 bridgehead atoms. The van der Waals surface area contributed by atoms with Gasteiger partial charge in [0, 0.05) is 6.07 Å². The van der Waals surface area contributed by atoms with Gasteiger partial charge < -0.3 is 19.9 Å². The highest BCUT2D eigenvalue weighted by molar-refractivity contribution is 5.40. The van der Waals surface area contributed by atoms with Crippen LogP contribution in [-0.4, -0.2) is 37.5 Å². The Kier molecular flexibility index (Phi) is 3.81. The zero-order valence-corrected chi connectivity index (χ0v) is 11.5. The molecule has 3 rings (SSSR count). The summed E-state index contributed by atoms with van der Waals surface area (Å²) in [7, 11) is 1.48. The van der Waals surface area contributed by atoms with Crippen molar-refractivity contribution in [1.82, 2.24) is 5.32 Å². The van der Waals surface area contributed by atoms with Crippen molar-refractivity contribution in [3.63, 3.8) is 0 Å². The van der Waals surface area contributed by atoms with E-state index < -0.39 is 6.10 Å². The van der Waals surface area contributed by atoms with E-state index in [0.29, 0.717) is 23.3 Å². The van der Waals surface area contributed by atoms with E-state index in [9.17, 15) is 9.50 Å². The monoisotopic (exact) mass is 281 g/mol. The van der Waals surface area contributed by atoms with Crippen LogP contribution in [0.15, 0.2) is 18.2 Å². The number of hydrogen-bond donors (Lipinski definition) is 2. The van der Waals surface area contributed by atoms with E-state index in [4.69, 9.17) is 9.47 Å². The van der Waals surface area contributed by atoms with Crippen molar-refractivity contribution < 1.29 is 19.0 Å². The topological polar surface area (TPSA) is 50.7 Å². The van der Waals surface area contributed by atoms with Crippen molar-refractivity contribution in [3.05, 3.63) is 24.0 Å². The van der Waals surface area contributed by atoms with E-state index in [0.717, 1.165) is 25.9 Å². The lowest BCUT2D eigenvalue weighted by Gasteiger charge is -2.35. The zero-order valence-electron chi connectivity index (χ0n) is 11.5. The van der Waals surface area contributed by atoms with Crippen LogP contribution in [0.3, 0.4) is 0 Å². The van der Waals surface area contributed by atoms with Gasteiger partial charge in [0.25, 0.3) is 0 Å². The molecular formula is C15H20FNO3. The Labute approximate surface area is 117 Å². The second kappa shape index (κ2) is 5.58. The van der Waals surface area contributed by atoms with Gasteiger partial charge in [-0.05, 0) is 49.9 Å². The number of aliphatic hydroxyl groups excluding tert-OH is 1. The minimum absolute atomic E-state index is 0.254. The summed E-state index contributed by atoms with van der Waals surface area (Å²) in [6.45, 7) is 1.96. The summed E-state index contributed by atoms with van der Waals surface area (Å²) in [6.07, 6.45) is 0.840. The minimum atomic E-state index is -0.481. The maximum absolute atomic E-state index is 13.2. The summed E-state index contributed by atoms with van der Waals surface area (Å²) in [5, 5.41) is 13.6. The molecule has 2 aliphatic rings. The highest BCUT2D eigenvalue weighted by Gasteiger charge is 2.40. The second-order valence-corrected chi connectivity index (χ2v) is 5.67. The Balaban J connectivity index is 1.73. The summed E-state index contributed by atoms with van der Waals surface area (Å²) in [5.41, 5.74) is 0. The molecule has 110 valence electrons. The lowest BCUT2D eigenvalue weighted by molar-refractivity contribution is -0.0240. The summed E-state index contributed by atoms with van der Waals surface area (Å²) in [5.74, 6) is 1.58. The van der Waals surface area contributed by atoms with Gasteiger partial charge in [-0.3, -0.25) is 0 Å². The van der Waals surface area contributed by atoms with Crippen LogP contribution in [0.4, 0.5) is 4.39 Å². The van der Waals surface area contributed by atoms with Crippen molar-refractivity contribution in [2.24, 2.45) is 11.8 Å². The fourth-order valence-corrected chi connectivity index (χ4v) is 3.28. The number of aliphatic hydroxyl groups is 1. The second-order valence-electron chi connectivity index (χ2n) is 5.67. The van der Waals surface area contributed by atoms with E-state index in [-0.39, 0.29) is 11.9 Å². The van der Waals surface area contributed by atoms with E-state index >= 15 is 0 Å². The van der Waals surface area contributed by atoms with Crippen LogP contribution in [0.5, 0.6) is 11.5 Å². The molecule has 0 amide bonds. The lowest BCUT2D eigenvalue weighted by Crippen LogP contribution is -2.42. The van der Waals surface area contributed by atoms with Crippen molar-refractivity contribution in [1.29, 1.82) is 0 Å². The van der Waals surface area contributed by atoms with Gasteiger partial charge in [0.1, 0.15) is 11.9 Å². The molecule has 1 aromatic rings. The molecule has 1 aromatic carbocycles. The molecule has 0 radical (unpaired) electrons. The third kappa shape index (κ3) is 2.60. The lowest BCUT2D eigenvalue weighted by atomic mass is 9.78. The molecule has 0 spiro atoms. The molecule has 1 saturated heterocycles. The molecule has 1 aliphatic carbocycles. The number of fused-ring (bicyclic) bond motifs is 1. The van der Waals surface area contributed by atoms with Gasteiger partial charge in [-0.1, -0.05) is 0 Å². The number of halogens is 1. The molecule has 20 heavy (non-hydrogen) atoms. The third-order valence-electron chi connectivity index (χ3n) is 4.39. The first-order chi connectivity index (χ1) is 9.67. The molecule has 0 unspecified atom stereocenters. The maximum atomic E-state index is 13.2. The molecule has 2 fully saturated rings. The summed E-state index contributed by atoms with van der Waals surface area (Å²) in [6, 6.07) is 4.19. The Morgan fingerprint density at radius 1 is 1.20 bits per heavy atom. The zero-order chi connectivity index (χ0) is 14.1. The van der Waals surface area contributed by atoms with Crippen LogP contribution in [0.1, 0.15) is 12.8 Å². The summed E-state index contributed by atoms with van der Waals surface area (Å²) in [4.78, 5) is 0. The minimum Gasteiger partial charge on any atom is -0.493 e. The van der Waals surface area contributed by atoms with E-state index in [1.54, 1.807) is 6.07 Å². The van der Waals surface area contributed by atoms with Crippen molar-refractivity contribution in [2.45, 2.75) is 25.0 Å². The largest absolute Gasteiger partial charge is 0.493 e. The van der Waals surface area contributed by atoms with E-state index in [1.165, 1.54) is 19.2 Å². The number of ether oxygens (including phenoxy) is 2. The highest BCUT2D eigenvalue weighted by atomic mass is 19.1. The number of rotatable bonds is 3. The van der Waals surface area contributed by atoms with Gasteiger partial charge in [-0.15, -0.1) is 0 Å². The quantitative estimate of drug-likeness (QED) is 0.883. The number of benzene rings is 1. The first-order valence-corrected chi connectivity index (χ1v) is 7.06. The van der Waals surface area contributed by atoms with Gasteiger partial charge in [0.05, 0.1) is 13.2 Å². The molecule has 4 nitrogen and oxygen atoms in total. The summed E-state index contributed by atoms with van der Waals surface area (Å²) < 4.78 is 24.2. The van der Waals surface area contributed by atoms with E-state index in [1.807, 2.05) is 0 Å². The van der Waals surface area contributed by atoms with Crippen molar-refractivity contribution in [3.8, 4) is 11.5 Å². The first-order valence-electron chi connectivity index (χ1n) is 7.06. The molecule has 1 heterocycles. The van der Waals surface area contributed by atoms with Gasteiger partial charge in [0.2, 0.25) is 0 Å². The van der Waals surface area contributed by atoms with Crippen LogP contribution in [0.2, 0.25) is 0 Å². The Morgan fingerprint density at radius 2 is 1.95 bits per heavy atom. The SMILES string of the molecule is COc1cc(F)ccc1O[C@@H]1C[C@@H]2CNC[C@@H]2C[C@H]1O. The van der Waals surface area contributed by atoms with Crippen molar-refractivity contribution in [2.75, 3.05) is 20.2 Å². The number of nitrogens with one attached hydrogen (secondary N) is 1. The average Bonchev–Trinajstić information content (AvgIpc) is 2.88. The van der Waals surface area contributed by atoms with Crippen molar-refractivity contribution >= 4 is 0 Å². The fraction of sp³-hybridized carbons (Fsp3) is 0.600. The normalized spacial score (nSPS) is 32.8. The smallest absolute Gasteiger partial charge is 0.163 e. The van der Waals surface area contributed by atoms with Crippen LogP contribution in [0.25, 0.3) is 0 Å². The molecule has 0 aromatic heterocycles. The average molecular weight is 281 g/mol. The van der Waals surface area contributed by atoms with Gasteiger partial charge in [-0.25, -0.2) is 4.39 Å². The molecular weight excluding hydrogens is 261 g/mol. The molecule has 1 saturated carbocycles. The predicted molar refractivity (Wildman–Crippen MR) is 72.5 cm³/mol. The van der Waals surface area contributed by atoms with Gasteiger partial charge >= 0.3 is 0 Å². The van der Waals surface area contributed by atoms with Crippen LogP contribution < -0.4 is 14.8 Å². The molecule has 1 aliphatic heterocycles. The Morgan fingerprint density at radius 3 is 2.70 bits per heavy atom. The number of hydrogen-bond acceptors (Lipinski definition) is 4. The van der Waals surface area contributed by atoms with E-state index in [2.05, 4.69) is 5.32 Å². The highest BCUT2D eigenvalue weighted by Crippen LogP contribution is 2.37. The van der Waals surface area contributed by atoms with Gasteiger partial charge in [0.15, 0.2) is 11.5 Å². The van der Waals surface area contributed by atoms with Gasteiger partial charge in [-0.2, -0.15) is 0 Å². The standard InChI is InChI=1S/C15H20FNO3/c1-19-15-6-11(16)2-3-13(15)20-14-5-10-8-17-7-9(10)4-12(14)18/h2-3,6,9-10,12,14,17-18H,4-5,7-8H2,1H3/t9-,10+,12+,14+/m0/s1. The molecule has 5 heteroatoms. The van der Waals surface area contributed by atoms with Crippen LogP contribution in [0, 0.1) is 17.7 Å².